The molecule has 2 saturated heterocycles. The van der Waals surface area contributed by atoms with E-state index in [-0.39, 0.29) is 30.0 Å². The van der Waals surface area contributed by atoms with Crippen molar-refractivity contribution in [2.75, 3.05) is 26.3 Å². The van der Waals surface area contributed by atoms with E-state index in [9.17, 15) is 9.59 Å². The minimum atomic E-state index is -0.783. The van der Waals surface area contributed by atoms with Gasteiger partial charge in [-0.3, -0.25) is 4.79 Å². The second kappa shape index (κ2) is 12.6. The Hall–Kier alpha value is -2.74. The molecule has 1 N–H and O–H groups in total. The molecule has 8 nitrogen and oxygen atoms in total. The van der Waals surface area contributed by atoms with Gasteiger partial charge in [-0.25, -0.2) is 4.79 Å². The molecule has 0 aliphatic carbocycles. The SMILES string of the molecule is CC(C)=CCC[C@@]1(C)Oc2cc(OCCCCC(=O)O)ccc2[C@H]2OC[C@@]3(CCCN(C(=O)OC(C)(C)C)C3)C[C@@H]21. The molecule has 41 heavy (non-hydrogen) atoms. The summed E-state index contributed by atoms with van der Waals surface area (Å²) in [7, 11) is 0. The average molecular weight is 572 g/mol. The van der Waals surface area contributed by atoms with Gasteiger partial charge < -0.3 is 29.0 Å². The third-order valence-electron chi connectivity index (χ3n) is 8.57. The zero-order valence-corrected chi connectivity index (χ0v) is 25.8. The number of hydrogen-bond acceptors (Lipinski definition) is 6. The van der Waals surface area contributed by atoms with Gasteiger partial charge in [-0.05, 0) is 98.6 Å². The highest BCUT2D eigenvalue weighted by Crippen LogP contribution is 2.56. The van der Waals surface area contributed by atoms with E-state index in [1.54, 1.807) is 0 Å². The number of piperidine rings is 1. The van der Waals surface area contributed by atoms with E-state index in [0.29, 0.717) is 39.1 Å². The summed E-state index contributed by atoms with van der Waals surface area (Å²) in [5, 5.41) is 8.86. The lowest BCUT2D eigenvalue weighted by Crippen LogP contribution is -2.57. The first-order chi connectivity index (χ1) is 19.3. The summed E-state index contributed by atoms with van der Waals surface area (Å²) >= 11 is 0. The molecule has 1 aromatic rings. The Labute approximate surface area is 245 Å². The first-order valence-corrected chi connectivity index (χ1v) is 15.2. The van der Waals surface area contributed by atoms with E-state index in [0.717, 1.165) is 49.2 Å². The van der Waals surface area contributed by atoms with Crippen LogP contribution in [0, 0.1) is 11.3 Å². The number of allylic oxidation sites excluding steroid dienone is 2. The summed E-state index contributed by atoms with van der Waals surface area (Å²) in [4.78, 5) is 25.6. The van der Waals surface area contributed by atoms with Crippen LogP contribution in [0.1, 0.15) is 105 Å². The van der Waals surface area contributed by atoms with Gasteiger partial charge >= 0.3 is 12.1 Å². The number of carboxylic acid groups (broad SMARTS) is 1. The topological polar surface area (TPSA) is 94.5 Å². The first-order valence-electron chi connectivity index (χ1n) is 15.2. The van der Waals surface area contributed by atoms with Gasteiger partial charge in [0.2, 0.25) is 0 Å². The Morgan fingerprint density at radius 3 is 2.71 bits per heavy atom. The van der Waals surface area contributed by atoms with Crippen LogP contribution in [0.15, 0.2) is 29.8 Å². The van der Waals surface area contributed by atoms with Gasteiger partial charge in [-0.15, -0.1) is 0 Å². The third kappa shape index (κ3) is 7.97. The van der Waals surface area contributed by atoms with Crippen LogP contribution in [0.2, 0.25) is 0 Å². The van der Waals surface area contributed by atoms with Gasteiger partial charge in [-0.1, -0.05) is 11.6 Å². The first kappa shape index (κ1) is 31.2. The maximum Gasteiger partial charge on any atom is 0.410 e. The number of fused-ring (bicyclic) bond motifs is 3. The molecule has 0 radical (unpaired) electrons. The number of unbranched alkanes of at least 4 members (excludes halogenated alkanes) is 1. The van der Waals surface area contributed by atoms with Crippen molar-refractivity contribution in [2.45, 2.75) is 110 Å². The van der Waals surface area contributed by atoms with Gasteiger partial charge in [0.25, 0.3) is 0 Å². The number of likely N-dealkylation sites (tertiary alicyclic amines) is 1. The highest BCUT2D eigenvalue weighted by atomic mass is 16.6. The summed E-state index contributed by atoms with van der Waals surface area (Å²) in [5.74, 6) is 0.866. The summed E-state index contributed by atoms with van der Waals surface area (Å²) in [5.41, 5.74) is 1.22. The van der Waals surface area contributed by atoms with Gasteiger partial charge in [0.05, 0.1) is 19.3 Å². The Morgan fingerprint density at radius 1 is 1.22 bits per heavy atom. The largest absolute Gasteiger partial charge is 0.493 e. The van der Waals surface area contributed by atoms with Crippen molar-refractivity contribution < 1.29 is 33.6 Å². The van der Waals surface area contributed by atoms with Crippen molar-refractivity contribution in [1.29, 1.82) is 0 Å². The van der Waals surface area contributed by atoms with Crippen molar-refractivity contribution in [3.05, 3.63) is 35.4 Å². The fourth-order valence-electron chi connectivity index (χ4n) is 6.54. The number of rotatable bonds is 9. The summed E-state index contributed by atoms with van der Waals surface area (Å²) in [6, 6.07) is 5.97. The van der Waals surface area contributed by atoms with Crippen molar-refractivity contribution in [2.24, 2.45) is 11.3 Å². The fraction of sp³-hybridized carbons (Fsp3) is 0.697. The van der Waals surface area contributed by atoms with E-state index < -0.39 is 17.2 Å². The quantitative estimate of drug-likeness (QED) is 0.245. The minimum Gasteiger partial charge on any atom is -0.493 e. The Morgan fingerprint density at radius 2 is 2.00 bits per heavy atom. The number of carbonyl (C=O) groups is 2. The number of benzene rings is 1. The lowest BCUT2D eigenvalue weighted by molar-refractivity contribution is -0.180. The van der Waals surface area contributed by atoms with Crippen LogP contribution < -0.4 is 9.47 Å². The molecule has 4 atom stereocenters. The Kier molecular flexibility index (Phi) is 9.62. The molecule has 228 valence electrons. The maximum atomic E-state index is 13.0. The molecule has 3 aliphatic heterocycles. The van der Waals surface area contributed by atoms with E-state index in [1.165, 1.54) is 5.57 Å². The van der Waals surface area contributed by atoms with Gasteiger partial charge in [0, 0.05) is 42.5 Å². The molecule has 3 heterocycles. The molecule has 1 spiro atoms. The van der Waals surface area contributed by atoms with E-state index in [2.05, 4.69) is 32.9 Å². The normalized spacial score (nSPS) is 27.3. The Balaban J connectivity index is 1.54. The van der Waals surface area contributed by atoms with Crippen LogP contribution in [0.25, 0.3) is 0 Å². The van der Waals surface area contributed by atoms with Crippen LogP contribution in [-0.2, 0) is 14.3 Å². The van der Waals surface area contributed by atoms with Crippen LogP contribution in [0.4, 0.5) is 4.79 Å². The zero-order chi connectivity index (χ0) is 29.8. The van der Waals surface area contributed by atoms with Crippen LogP contribution >= 0.6 is 0 Å². The van der Waals surface area contributed by atoms with Crippen molar-refractivity contribution in [1.82, 2.24) is 4.90 Å². The second-order valence-electron chi connectivity index (χ2n) is 13.7. The van der Waals surface area contributed by atoms with Gasteiger partial charge in [-0.2, -0.15) is 0 Å². The second-order valence-corrected chi connectivity index (χ2v) is 13.7. The molecule has 3 aliphatic rings. The molecule has 0 unspecified atom stereocenters. The molecular formula is C33H49NO7. The van der Waals surface area contributed by atoms with Gasteiger partial charge in [0.1, 0.15) is 22.7 Å². The smallest absolute Gasteiger partial charge is 0.410 e. The van der Waals surface area contributed by atoms with E-state index >= 15 is 0 Å². The molecule has 2 fully saturated rings. The molecule has 0 saturated carbocycles. The zero-order valence-electron chi connectivity index (χ0n) is 25.8. The number of carbonyl (C=O) groups excluding carboxylic acids is 1. The molecule has 0 bridgehead atoms. The fourth-order valence-corrected chi connectivity index (χ4v) is 6.54. The monoisotopic (exact) mass is 571 g/mol. The molecule has 4 rings (SSSR count). The molecule has 1 amide bonds. The Bertz CT molecular complexity index is 1120. The highest BCUT2D eigenvalue weighted by Gasteiger charge is 2.55. The van der Waals surface area contributed by atoms with E-state index in [1.807, 2.05) is 37.8 Å². The molecule has 0 aromatic heterocycles. The van der Waals surface area contributed by atoms with Crippen LogP contribution in [0.3, 0.4) is 0 Å². The van der Waals surface area contributed by atoms with Gasteiger partial charge in [0.15, 0.2) is 0 Å². The minimum absolute atomic E-state index is 0.0948. The summed E-state index contributed by atoms with van der Waals surface area (Å²) < 4.78 is 25.3. The van der Waals surface area contributed by atoms with Crippen molar-refractivity contribution in [3.63, 3.8) is 0 Å². The van der Waals surface area contributed by atoms with Crippen molar-refractivity contribution in [3.8, 4) is 11.5 Å². The number of hydrogen-bond donors (Lipinski definition) is 1. The lowest BCUT2D eigenvalue weighted by Gasteiger charge is -2.55. The van der Waals surface area contributed by atoms with Crippen molar-refractivity contribution >= 4 is 12.1 Å². The standard InChI is InChI=1S/C33H49NO7/c1-23(2)11-9-15-32(6)26-20-33(16-10-17-34(21-33)30(37)41-31(3,4)5)22-39-29(26)25-14-13-24(19-27(25)40-32)38-18-8-7-12-28(35)36/h11,13-14,19,26,29H,7-10,12,15-18,20-22H2,1-6H3,(H,35,36)/t26-,29+,32+,33-/m0/s1. The predicted molar refractivity (Wildman–Crippen MR) is 157 cm³/mol. The number of carboxylic acids is 1. The molecule has 8 heteroatoms. The molecular weight excluding hydrogens is 522 g/mol. The van der Waals surface area contributed by atoms with Crippen LogP contribution in [0.5, 0.6) is 11.5 Å². The maximum absolute atomic E-state index is 13.0. The number of aliphatic carboxylic acids is 1. The predicted octanol–water partition coefficient (Wildman–Crippen LogP) is 7.31. The third-order valence-corrected chi connectivity index (χ3v) is 8.57. The summed E-state index contributed by atoms with van der Waals surface area (Å²) in [6.07, 6.45) is 7.98. The lowest BCUT2D eigenvalue weighted by atomic mass is 9.64. The number of ether oxygens (including phenoxy) is 4. The van der Waals surface area contributed by atoms with E-state index in [4.69, 9.17) is 24.1 Å². The number of amides is 1. The van der Waals surface area contributed by atoms with Crippen LogP contribution in [-0.4, -0.2) is 59.6 Å². The highest BCUT2D eigenvalue weighted by molar-refractivity contribution is 5.68. The summed E-state index contributed by atoms with van der Waals surface area (Å²) in [6.45, 7) is 14.6. The molecule has 1 aromatic carbocycles. The average Bonchev–Trinajstić information content (AvgIpc) is 2.87. The number of nitrogens with zero attached hydrogens (tertiary/aromatic N) is 1.